The van der Waals surface area contributed by atoms with E-state index in [-0.39, 0.29) is 37.2 Å². The lowest BCUT2D eigenvalue weighted by molar-refractivity contribution is -0.152. The number of allylic oxidation sites excluding steroid dienone is 1. The highest BCUT2D eigenvalue weighted by Crippen LogP contribution is 2.36. The fourth-order valence-electron chi connectivity index (χ4n) is 3.09. The molecule has 0 aromatic heterocycles. The largest absolute Gasteiger partial charge is 0.457 e. The number of benzene rings is 1. The summed E-state index contributed by atoms with van der Waals surface area (Å²) in [6.07, 6.45) is -4.81. The number of carbonyl (C=O) groups is 2. The molecule has 2 rings (SSSR count). The molecule has 1 heterocycles. The van der Waals surface area contributed by atoms with Gasteiger partial charge in [0.15, 0.2) is 6.61 Å². The Balaban J connectivity index is 2.03. The van der Waals surface area contributed by atoms with Gasteiger partial charge in [-0.1, -0.05) is 12.1 Å². The third-order valence-corrected chi connectivity index (χ3v) is 6.68. The molecule has 0 spiro atoms. The molecule has 0 amide bonds. The first kappa shape index (κ1) is 24.4. The molecule has 0 atom stereocenters. The molecule has 168 valence electrons. The zero-order valence-corrected chi connectivity index (χ0v) is 17.3. The maximum absolute atomic E-state index is 13.2. The quantitative estimate of drug-likeness (QED) is 0.391. The van der Waals surface area contributed by atoms with Gasteiger partial charge in [0.05, 0.1) is 16.4 Å². The smallest absolute Gasteiger partial charge is 0.417 e. The van der Waals surface area contributed by atoms with E-state index in [4.69, 9.17) is 15.7 Å². The molecular weight excluding hydrogens is 439 g/mol. The van der Waals surface area contributed by atoms with Gasteiger partial charge in [-0.3, -0.25) is 9.59 Å². The van der Waals surface area contributed by atoms with Gasteiger partial charge >= 0.3 is 12.1 Å². The van der Waals surface area contributed by atoms with E-state index in [0.717, 1.165) is 16.4 Å². The highest BCUT2D eigenvalue weighted by Gasteiger charge is 2.40. The number of ether oxygens (including phenoxy) is 1. The van der Waals surface area contributed by atoms with Crippen molar-refractivity contribution in [1.82, 2.24) is 4.31 Å². The van der Waals surface area contributed by atoms with Gasteiger partial charge < -0.3 is 10.5 Å². The van der Waals surface area contributed by atoms with E-state index in [1.807, 2.05) is 0 Å². The average Bonchev–Trinajstić information content (AvgIpc) is 2.71. The SMILES string of the molecule is CC(N)=C(C#N)C(=O)COC(=O)C1CCN(S(=O)(=O)c2ccccc2C(F)(F)F)CC1. The number of hydrogen-bond acceptors (Lipinski definition) is 7. The van der Waals surface area contributed by atoms with Gasteiger partial charge in [-0.2, -0.15) is 22.7 Å². The number of sulfonamides is 1. The minimum atomic E-state index is -4.84. The summed E-state index contributed by atoms with van der Waals surface area (Å²) in [5.74, 6) is -2.25. The van der Waals surface area contributed by atoms with Crippen LogP contribution >= 0.6 is 0 Å². The summed E-state index contributed by atoms with van der Waals surface area (Å²) in [4.78, 5) is 23.2. The minimum absolute atomic E-state index is 0.0112. The molecule has 1 aliphatic rings. The van der Waals surface area contributed by atoms with Crippen LogP contribution in [-0.4, -0.2) is 44.2 Å². The molecule has 2 N–H and O–H groups in total. The van der Waals surface area contributed by atoms with Gasteiger partial charge in [-0.15, -0.1) is 0 Å². The Morgan fingerprint density at radius 1 is 1.26 bits per heavy atom. The summed E-state index contributed by atoms with van der Waals surface area (Å²) in [7, 11) is -4.42. The summed E-state index contributed by atoms with van der Waals surface area (Å²) in [5.41, 5.74) is 3.81. The fourth-order valence-corrected chi connectivity index (χ4v) is 4.78. The molecule has 1 aromatic rings. The third kappa shape index (κ3) is 5.62. The molecule has 1 aromatic carbocycles. The van der Waals surface area contributed by atoms with Crippen molar-refractivity contribution in [2.75, 3.05) is 19.7 Å². The molecule has 31 heavy (non-hydrogen) atoms. The summed E-state index contributed by atoms with van der Waals surface area (Å²) < 4.78 is 70.8. The predicted molar refractivity (Wildman–Crippen MR) is 101 cm³/mol. The topological polar surface area (TPSA) is 131 Å². The second-order valence-electron chi connectivity index (χ2n) is 6.87. The van der Waals surface area contributed by atoms with E-state index in [2.05, 4.69) is 0 Å². The van der Waals surface area contributed by atoms with Crippen LogP contribution in [0.2, 0.25) is 0 Å². The number of Topliss-reactive ketones (excluding diaryl/α,β-unsaturated/α-hetero) is 1. The van der Waals surface area contributed by atoms with E-state index >= 15 is 0 Å². The van der Waals surface area contributed by atoms with Crippen LogP contribution in [0, 0.1) is 17.2 Å². The van der Waals surface area contributed by atoms with E-state index in [1.165, 1.54) is 13.0 Å². The normalized spacial score (nSPS) is 16.9. The molecule has 12 heteroatoms. The highest BCUT2D eigenvalue weighted by molar-refractivity contribution is 7.89. The van der Waals surface area contributed by atoms with Crippen LogP contribution in [-0.2, 0) is 30.5 Å². The lowest BCUT2D eigenvalue weighted by Gasteiger charge is -2.30. The van der Waals surface area contributed by atoms with Crippen molar-refractivity contribution in [2.24, 2.45) is 11.7 Å². The maximum Gasteiger partial charge on any atom is 0.417 e. The van der Waals surface area contributed by atoms with Gasteiger partial charge in [0.1, 0.15) is 11.6 Å². The number of alkyl halides is 3. The molecule has 0 saturated carbocycles. The third-order valence-electron chi connectivity index (χ3n) is 4.73. The molecule has 0 unspecified atom stereocenters. The van der Waals surface area contributed by atoms with Gasteiger partial charge in [0.25, 0.3) is 0 Å². The first-order valence-electron chi connectivity index (χ1n) is 9.12. The monoisotopic (exact) mass is 459 g/mol. The number of nitrogens with two attached hydrogens (primary N) is 1. The lowest BCUT2D eigenvalue weighted by atomic mass is 9.98. The van der Waals surface area contributed by atoms with Crippen LogP contribution in [0.4, 0.5) is 13.2 Å². The molecule has 1 aliphatic heterocycles. The zero-order valence-electron chi connectivity index (χ0n) is 16.5. The number of nitriles is 1. The van der Waals surface area contributed by atoms with Crippen molar-refractivity contribution in [3.05, 3.63) is 41.1 Å². The Morgan fingerprint density at radius 2 is 1.84 bits per heavy atom. The van der Waals surface area contributed by atoms with Gasteiger partial charge in [-0.05, 0) is 31.9 Å². The molecule has 1 fully saturated rings. The van der Waals surface area contributed by atoms with Crippen LogP contribution in [0.1, 0.15) is 25.3 Å². The molecule has 0 aliphatic carbocycles. The Hall–Kier alpha value is -2.91. The second kappa shape index (κ2) is 9.49. The van der Waals surface area contributed by atoms with Crippen molar-refractivity contribution < 1.29 is 35.9 Å². The van der Waals surface area contributed by atoms with Crippen LogP contribution in [0.25, 0.3) is 0 Å². The summed E-state index contributed by atoms with van der Waals surface area (Å²) in [6.45, 7) is 0.292. The lowest BCUT2D eigenvalue weighted by Crippen LogP contribution is -2.41. The summed E-state index contributed by atoms with van der Waals surface area (Å²) in [5, 5.41) is 8.87. The molecule has 8 nitrogen and oxygen atoms in total. The number of esters is 1. The van der Waals surface area contributed by atoms with Crippen LogP contribution in [0.3, 0.4) is 0 Å². The Kier molecular flexibility index (Phi) is 7.45. The summed E-state index contributed by atoms with van der Waals surface area (Å²) in [6, 6.07) is 5.51. The first-order valence-corrected chi connectivity index (χ1v) is 10.6. The summed E-state index contributed by atoms with van der Waals surface area (Å²) >= 11 is 0. The van der Waals surface area contributed by atoms with Crippen LogP contribution in [0.5, 0.6) is 0 Å². The van der Waals surface area contributed by atoms with Crippen molar-refractivity contribution in [1.29, 1.82) is 5.26 Å². The predicted octanol–water partition coefficient (Wildman–Crippen LogP) is 1.97. The Morgan fingerprint density at radius 3 is 2.35 bits per heavy atom. The molecular formula is C19H20F3N3O5S. The van der Waals surface area contributed by atoms with Crippen molar-refractivity contribution in [2.45, 2.75) is 30.8 Å². The first-order chi connectivity index (χ1) is 14.4. The Labute approximate surface area is 177 Å². The molecule has 1 saturated heterocycles. The number of ketones is 1. The van der Waals surface area contributed by atoms with E-state index < -0.39 is 50.9 Å². The van der Waals surface area contributed by atoms with Gasteiger partial charge in [0.2, 0.25) is 15.8 Å². The average molecular weight is 459 g/mol. The Bertz CT molecular complexity index is 1030. The van der Waals surface area contributed by atoms with E-state index in [0.29, 0.717) is 6.07 Å². The standard InChI is InChI=1S/C19H20F3N3O5S/c1-12(24)14(10-23)16(26)11-30-18(27)13-6-8-25(9-7-13)31(28,29)17-5-3-2-4-15(17)19(20,21)22/h2-5,13H,6-9,11,24H2,1H3. The van der Waals surface area contributed by atoms with Crippen LogP contribution in [0.15, 0.2) is 40.4 Å². The maximum atomic E-state index is 13.2. The fraction of sp³-hybridized carbons (Fsp3) is 0.421. The van der Waals surface area contributed by atoms with Crippen LogP contribution < -0.4 is 5.73 Å². The molecule has 0 radical (unpaired) electrons. The van der Waals surface area contributed by atoms with Crippen molar-refractivity contribution >= 4 is 21.8 Å². The van der Waals surface area contributed by atoms with Gasteiger partial charge in [0, 0.05) is 18.8 Å². The zero-order chi connectivity index (χ0) is 23.4. The number of rotatable bonds is 6. The van der Waals surface area contributed by atoms with Gasteiger partial charge in [-0.25, -0.2) is 8.42 Å². The second-order valence-corrected chi connectivity index (χ2v) is 8.78. The number of hydrogen-bond donors (Lipinski definition) is 1. The highest BCUT2D eigenvalue weighted by atomic mass is 32.2. The number of nitrogens with zero attached hydrogens (tertiary/aromatic N) is 2. The van der Waals surface area contributed by atoms with Crippen molar-refractivity contribution in [3.8, 4) is 6.07 Å². The number of halogens is 3. The van der Waals surface area contributed by atoms with E-state index in [1.54, 1.807) is 6.07 Å². The molecule has 0 bridgehead atoms. The van der Waals surface area contributed by atoms with E-state index in [9.17, 15) is 31.2 Å². The minimum Gasteiger partial charge on any atom is -0.457 e. The van der Waals surface area contributed by atoms with Crippen molar-refractivity contribution in [3.63, 3.8) is 0 Å². The number of piperidine rings is 1. The number of carbonyl (C=O) groups excluding carboxylic acids is 2.